The molecule has 23 heavy (non-hydrogen) atoms. The van der Waals surface area contributed by atoms with Crippen LogP contribution in [0.15, 0.2) is 0 Å². The van der Waals surface area contributed by atoms with Gasteiger partial charge in [-0.25, -0.2) is 4.79 Å². The summed E-state index contributed by atoms with van der Waals surface area (Å²) >= 11 is 1.55. The monoisotopic (exact) mass is 337 g/mol. The van der Waals surface area contributed by atoms with Crippen LogP contribution in [0.5, 0.6) is 0 Å². The minimum Gasteiger partial charge on any atom is -0.462 e. The smallest absolute Gasteiger partial charge is 0.341 e. The number of esters is 1. The van der Waals surface area contributed by atoms with Gasteiger partial charge in [0.1, 0.15) is 5.00 Å². The van der Waals surface area contributed by atoms with Gasteiger partial charge in [0, 0.05) is 11.3 Å². The molecule has 1 aliphatic rings. The van der Waals surface area contributed by atoms with Crippen LogP contribution in [0.2, 0.25) is 0 Å². The predicted octanol–water partition coefficient (Wildman–Crippen LogP) is 4.71. The Bertz CT molecular complexity index is 551. The van der Waals surface area contributed by atoms with Crippen molar-refractivity contribution in [3.05, 3.63) is 16.0 Å². The van der Waals surface area contributed by atoms with E-state index in [1.807, 2.05) is 0 Å². The molecule has 0 radical (unpaired) electrons. The molecule has 0 aromatic carbocycles. The first kappa shape index (κ1) is 18.0. The second kappa shape index (κ2) is 9.06. The van der Waals surface area contributed by atoms with E-state index in [0.29, 0.717) is 23.6 Å². The summed E-state index contributed by atoms with van der Waals surface area (Å²) in [6.45, 7) is 4.34. The van der Waals surface area contributed by atoms with E-state index in [2.05, 4.69) is 12.2 Å². The molecule has 0 unspecified atom stereocenters. The van der Waals surface area contributed by atoms with Gasteiger partial charge in [0.05, 0.1) is 12.2 Å². The van der Waals surface area contributed by atoms with E-state index in [-0.39, 0.29) is 11.9 Å². The molecule has 0 atom stereocenters. The summed E-state index contributed by atoms with van der Waals surface area (Å²) in [4.78, 5) is 25.6. The van der Waals surface area contributed by atoms with Crippen LogP contribution in [0.4, 0.5) is 5.00 Å². The van der Waals surface area contributed by atoms with E-state index in [4.69, 9.17) is 4.74 Å². The molecule has 4 nitrogen and oxygen atoms in total. The Morgan fingerprint density at radius 2 is 1.91 bits per heavy atom. The first-order valence-electron chi connectivity index (χ1n) is 8.78. The van der Waals surface area contributed by atoms with E-state index < -0.39 is 0 Å². The van der Waals surface area contributed by atoms with Gasteiger partial charge in [0.15, 0.2) is 0 Å². The van der Waals surface area contributed by atoms with Crippen LogP contribution in [0.3, 0.4) is 0 Å². The molecule has 0 fully saturated rings. The molecule has 1 aromatic rings. The fourth-order valence-electron chi connectivity index (χ4n) is 2.99. The van der Waals surface area contributed by atoms with Crippen molar-refractivity contribution in [1.82, 2.24) is 0 Å². The molecule has 1 heterocycles. The number of unbranched alkanes of at least 4 members (excludes halogenated alkanes) is 4. The number of rotatable bonds is 9. The van der Waals surface area contributed by atoms with Crippen LogP contribution in [-0.2, 0) is 22.4 Å². The number of carbonyl (C=O) groups is 2. The minimum absolute atomic E-state index is 0.00645. The number of ether oxygens (including phenoxy) is 1. The zero-order valence-corrected chi connectivity index (χ0v) is 15.0. The maximum atomic E-state index is 12.2. The van der Waals surface area contributed by atoms with Crippen molar-refractivity contribution in [1.29, 1.82) is 0 Å². The molecule has 1 N–H and O–H groups in total. The molecule has 0 saturated heterocycles. The molecule has 0 spiro atoms. The van der Waals surface area contributed by atoms with Gasteiger partial charge in [-0.15, -0.1) is 11.3 Å². The lowest BCUT2D eigenvalue weighted by atomic mass is 10.1. The normalized spacial score (nSPS) is 13.0. The third kappa shape index (κ3) is 4.80. The van der Waals surface area contributed by atoms with Crippen LogP contribution >= 0.6 is 11.3 Å². The van der Waals surface area contributed by atoms with Gasteiger partial charge in [0.25, 0.3) is 0 Å². The molecule has 2 rings (SSSR count). The number of nitrogens with one attached hydrogen (secondary N) is 1. The number of hydrogen-bond acceptors (Lipinski definition) is 4. The third-order valence-electron chi connectivity index (χ3n) is 4.16. The van der Waals surface area contributed by atoms with Crippen molar-refractivity contribution >= 4 is 28.2 Å². The molecular formula is C18H27NO3S. The highest BCUT2D eigenvalue weighted by Gasteiger charge is 2.28. The number of anilines is 1. The van der Waals surface area contributed by atoms with Gasteiger partial charge < -0.3 is 10.1 Å². The number of amides is 1. The van der Waals surface area contributed by atoms with E-state index in [1.54, 1.807) is 18.3 Å². The Kier molecular flexibility index (Phi) is 7.09. The minimum atomic E-state index is -0.301. The van der Waals surface area contributed by atoms with Crippen LogP contribution in [0, 0.1) is 0 Å². The third-order valence-corrected chi connectivity index (χ3v) is 5.37. The molecule has 5 heteroatoms. The van der Waals surface area contributed by atoms with Crippen LogP contribution in [-0.4, -0.2) is 18.5 Å². The maximum absolute atomic E-state index is 12.2. The van der Waals surface area contributed by atoms with E-state index >= 15 is 0 Å². The largest absolute Gasteiger partial charge is 0.462 e. The average molecular weight is 337 g/mol. The summed E-state index contributed by atoms with van der Waals surface area (Å²) in [7, 11) is 0. The highest BCUT2D eigenvalue weighted by molar-refractivity contribution is 7.17. The standard InChI is InChI=1S/C18H27NO3S/c1-3-5-6-7-8-12-15(20)19-17-16(18(21)22-4-2)13-10-9-11-14(13)23-17/h3-12H2,1-2H3,(H,19,20). The van der Waals surface area contributed by atoms with Crippen molar-refractivity contribution in [3.63, 3.8) is 0 Å². The van der Waals surface area contributed by atoms with Crippen molar-refractivity contribution in [2.45, 2.75) is 71.6 Å². The zero-order valence-electron chi connectivity index (χ0n) is 14.2. The van der Waals surface area contributed by atoms with Crippen LogP contribution < -0.4 is 5.32 Å². The number of thiophene rings is 1. The molecule has 1 aromatic heterocycles. The van der Waals surface area contributed by atoms with E-state index in [0.717, 1.165) is 37.7 Å². The Labute approximate surface area is 142 Å². The zero-order chi connectivity index (χ0) is 16.7. The first-order valence-corrected chi connectivity index (χ1v) is 9.60. The molecule has 0 saturated carbocycles. The lowest BCUT2D eigenvalue weighted by Crippen LogP contribution is -2.14. The van der Waals surface area contributed by atoms with Gasteiger partial charge in [-0.2, -0.15) is 0 Å². The summed E-state index contributed by atoms with van der Waals surface area (Å²) in [5.74, 6) is -0.294. The molecule has 0 bridgehead atoms. The quantitative estimate of drug-likeness (QED) is 0.524. The van der Waals surface area contributed by atoms with Crippen LogP contribution in [0.1, 0.15) is 79.6 Å². The van der Waals surface area contributed by atoms with Crippen molar-refractivity contribution in [2.75, 3.05) is 11.9 Å². The highest BCUT2D eigenvalue weighted by Crippen LogP contribution is 2.39. The Morgan fingerprint density at radius 1 is 1.13 bits per heavy atom. The highest BCUT2D eigenvalue weighted by atomic mass is 32.1. The number of fused-ring (bicyclic) bond motifs is 1. The second-order valence-corrected chi connectivity index (χ2v) is 7.10. The lowest BCUT2D eigenvalue weighted by Gasteiger charge is -2.08. The number of hydrogen-bond donors (Lipinski definition) is 1. The van der Waals surface area contributed by atoms with E-state index in [9.17, 15) is 9.59 Å². The van der Waals surface area contributed by atoms with Gasteiger partial charge in [-0.1, -0.05) is 32.6 Å². The van der Waals surface area contributed by atoms with Gasteiger partial charge in [-0.05, 0) is 38.2 Å². The summed E-state index contributed by atoms with van der Waals surface area (Å²) in [6, 6.07) is 0. The summed E-state index contributed by atoms with van der Waals surface area (Å²) in [5, 5.41) is 3.64. The topological polar surface area (TPSA) is 55.4 Å². The van der Waals surface area contributed by atoms with Crippen molar-refractivity contribution in [3.8, 4) is 0 Å². The molecule has 1 aliphatic carbocycles. The van der Waals surface area contributed by atoms with Crippen molar-refractivity contribution < 1.29 is 14.3 Å². The fraction of sp³-hybridized carbons (Fsp3) is 0.667. The molecule has 1 amide bonds. The molecular weight excluding hydrogens is 310 g/mol. The maximum Gasteiger partial charge on any atom is 0.341 e. The Hall–Kier alpha value is -1.36. The summed E-state index contributed by atoms with van der Waals surface area (Å²) in [6.07, 6.45) is 9.13. The fourth-order valence-corrected chi connectivity index (χ4v) is 4.28. The second-order valence-electron chi connectivity index (χ2n) is 5.99. The summed E-state index contributed by atoms with van der Waals surface area (Å²) < 4.78 is 5.18. The van der Waals surface area contributed by atoms with Gasteiger partial charge >= 0.3 is 5.97 Å². The lowest BCUT2D eigenvalue weighted by molar-refractivity contribution is -0.116. The van der Waals surface area contributed by atoms with Crippen molar-refractivity contribution in [2.24, 2.45) is 0 Å². The van der Waals surface area contributed by atoms with Gasteiger partial charge in [0.2, 0.25) is 5.91 Å². The average Bonchev–Trinajstić information content (AvgIpc) is 3.07. The summed E-state index contributed by atoms with van der Waals surface area (Å²) in [5.41, 5.74) is 1.69. The molecule has 0 aliphatic heterocycles. The first-order chi connectivity index (χ1) is 11.2. The van der Waals surface area contributed by atoms with Gasteiger partial charge in [-0.3, -0.25) is 4.79 Å². The Balaban J connectivity index is 1.96. The predicted molar refractivity (Wildman–Crippen MR) is 94.3 cm³/mol. The Morgan fingerprint density at radius 3 is 2.65 bits per heavy atom. The number of aryl methyl sites for hydroxylation is 1. The van der Waals surface area contributed by atoms with Crippen LogP contribution in [0.25, 0.3) is 0 Å². The van der Waals surface area contributed by atoms with E-state index in [1.165, 1.54) is 24.1 Å². The number of carbonyl (C=O) groups excluding carboxylic acids is 2. The SMILES string of the molecule is CCCCCCCC(=O)Nc1sc2c(c1C(=O)OCC)CCC2. The molecule has 128 valence electrons.